The van der Waals surface area contributed by atoms with E-state index < -0.39 is 5.97 Å². The lowest BCUT2D eigenvalue weighted by Crippen LogP contribution is -2.21. The average Bonchev–Trinajstić information content (AvgIpc) is 2.91. The molecule has 0 saturated heterocycles. The Balaban J connectivity index is 1.80. The normalized spacial score (nSPS) is 15.9. The zero-order valence-corrected chi connectivity index (χ0v) is 13.6. The maximum atomic E-state index is 12.6. The van der Waals surface area contributed by atoms with E-state index in [1.807, 2.05) is 42.5 Å². The van der Waals surface area contributed by atoms with E-state index in [0.717, 1.165) is 5.56 Å². The minimum Gasteiger partial charge on any atom is -0.478 e. The van der Waals surface area contributed by atoms with Gasteiger partial charge in [0.25, 0.3) is 5.91 Å². The number of hydrogen-bond acceptors (Lipinski definition) is 3. The van der Waals surface area contributed by atoms with Crippen molar-refractivity contribution in [2.75, 3.05) is 5.01 Å². The highest BCUT2D eigenvalue weighted by atomic mass is 16.4. The molecule has 5 heteroatoms. The Labute approximate surface area is 145 Å². The van der Waals surface area contributed by atoms with Crippen LogP contribution in [0.3, 0.4) is 0 Å². The lowest BCUT2D eigenvalue weighted by atomic mass is 10.1. The molecule has 0 aliphatic carbocycles. The van der Waals surface area contributed by atoms with Gasteiger partial charge in [0.15, 0.2) is 0 Å². The van der Waals surface area contributed by atoms with Gasteiger partial charge in [0.2, 0.25) is 0 Å². The predicted octanol–water partition coefficient (Wildman–Crippen LogP) is 3.75. The van der Waals surface area contributed by atoms with E-state index in [4.69, 9.17) is 5.11 Å². The fourth-order valence-corrected chi connectivity index (χ4v) is 2.45. The molecule has 2 aromatic rings. The van der Waals surface area contributed by atoms with Gasteiger partial charge in [0, 0.05) is 0 Å². The molecule has 0 fully saturated rings. The van der Waals surface area contributed by atoms with E-state index in [1.165, 1.54) is 17.1 Å². The number of carbonyl (C=O) groups is 2. The van der Waals surface area contributed by atoms with Gasteiger partial charge in [0.05, 0.1) is 22.5 Å². The van der Waals surface area contributed by atoms with Crippen LogP contribution in [0.1, 0.15) is 22.8 Å². The van der Waals surface area contributed by atoms with Crippen molar-refractivity contribution in [3.05, 3.63) is 83.4 Å². The Morgan fingerprint density at radius 2 is 1.76 bits per heavy atom. The van der Waals surface area contributed by atoms with Crippen LogP contribution < -0.4 is 5.01 Å². The van der Waals surface area contributed by atoms with Crippen LogP contribution in [0.5, 0.6) is 0 Å². The number of carboxylic acids is 1. The van der Waals surface area contributed by atoms with Gasteiger partial charge in [-0.2, -0.15) is 10.1 Å². The number of benzene rings is 2. The van der Waals surface area contributed by atoms with Gasteiger partial charge in [-0.25, -0.2) is 4.79 Å². The molecule has 0 radical (unpaired) electrons. The minimum absolute atomic E-state index is 0.164. The molecule has 0 atom stereocenters. The molecular formula is C20H16N2O3. The maximum Gasteiger partial charge on any atom is 0.335 e. The topological polar surface area (TPSA) is 70.0 Å². The third kappa shape index (κ3) is 3.55. The average molecular weight is 332 g/mol. The molecule has 5 nitrogen and oxygen atoms in total. The van der Waals surface area contributed by atoms with Gasteiger partial charge in [-0.3, -0.25) is 4.79 Å². The highest BCUT2D eigenvalue weighted by Crippen LogP contribution is 2.24. The first-order chi connectivity index (χ1) is 12.1. The Kier molecular flexibility index (Phi) is 4.57. The molecule has 1 aliphatic rings. The van der Waals surface area contributed by atoms with E-state index in [1.54, 1.807) is 25.1 Å². The molecule has 124 valence electrons. The van der Waals surface area contributed by atoms with Gasteiger partial charge in [-0.15, -0.1) is 0 Å². The summed E-state index contributed by atoms with van der Waals surface area (Å²) in [6.45, 7) is 1.77. The summed E-state index contributed by atoms with van der Waals surface area (Å²) in [6, 6.07) is 15.8. The number of hydrogen-bond donors (Lipinski definition) is 1. The van der Waals surface area contributed by atoms with E-state index in [0.29, 0.717) is 17.0 Å². The van der Waals surface area contributed by atoms with Crippen LogP contribution >= 0.6 is 0 Å². The lowest BCUT2D eigenvalue weighted by molar-refractivity contribution is -0.114. The van der Waals surface area contributed by atoms with Gasteiger partial charge >= 0.3 is 5.97 Å². The first-order valence-electron chi connectivity index (χ1n) is 7.73. The lowest BCUT2D eigenvalue weighted by Gasteiger charge is -2.11. The first-order valence-corrected chi connectivity index (χ1v) is 7.73. The Bertz CT molecular complexity index is 894. The highest BCUT2D eigenvalue weighted by Gasteiger charge is 2.28. The second kappa shape index (κ2) is 6.97. The van der Waals surface area contributed by atoms with Crippen molar-refractivity contribution < 1.29 is 14.7 Å². The number of carbonyl (C=O) groups excluding carboxylic acids is 1. The number of nitrogens with zero attached hydrogens (tertiary/aromatic N) is 2. The summed E-state index contributed by atoms with van der Waals surface area (Å²) < 4.78 is 0. The van der Waals surface area contributed by atoms with Crippen LogP contribution in [-0.4, -0.2) is 22.7 Å². The van der Waals surface area contributed by atoms with Crippen molar-refractivity contribution in [2.45, 2.75) is 6.92 Å². The van der Waals surface area contributed by atoms with Crippen LogP contribution in [-0.2, 0) is 4.79 Å². The van der Waals surface area contributed by atoms with Crippen LogP contribution in [0, 0.1) is 0 Å². The monoisotopic (exact) mass is 332 g/mol. The standard InChI is InChI=1S/C20H16N2O3/c1-14-18(9-5-8-15-6-3-2-4-7-15)19(23)22(21-14)17-12-10-16(11-13-17)20(24)25/h2-13H,1H3,(H,24,25)/b8-5+,18-9+. The van der Waals surface area contributed by atoms with Crippen molar-refractivity contribution >= 4 is 29.4 Å². The van der Waals surface area contributed by atoms with Gasteiger partial charge in [0.1, 0.15) is 0 Å². The number of carboxylic acid groups (broad SMARTS) is 1. The van der Waals surface area contributed by atoms with E-state index in [-0.39, 0.29) is 11.5 Å². The Hall–Kier alpha value is -3.47. The summed E-state index contributed by atoms with van der Waals surface area (Å²) >= 11 is 0. The van der Waals surface area contributed by atoms with Crippen molar-refractivity contribution in [1.82, 2.24) is 0 Å². The van der Waals surface area contributed by atoms with Crippen molar-refractivity contribution in [1.29, 1.82) is 0 Å². The van der Waals surface area contributed by atoms with Crippen molar-refractivity contribution in [2.24, 2.45) is 5.10 Å². The van der Waals surface area contributed by atoms with Crippen molar-refractivity contribution in [3.63, 3.8) is 0 Å². The Morgan fingerprint density at radius 1 is 1.08 bits per heavy atom. The fourth-order valence-electron chi connectivity index (χ4n) is 2.45. The summed E-state index contributed by atoms with van der Waals surface area (Å²) in [5, 5.41) is 14.5. The smallest absolute Gasteiger partial charge is 0.335 e. The van der Waals surface area contributed by atoms with E-state index in [9.17, 15) is 9.59 Å². The van der Waals surface area contributed by atoms with Crippen LogP contribution in [0.4, 0.5) is 5.69 Å². The van der Waals surface area contributed by atoms with Gasteiger partial charge in [-0.1, -0.05) is 42.5 Å². The zero-order chi connectivity index (χ0) is 17.8. The van der Waals surface area contributed by atoms with Crippen LogP contribution in [0.15, 0.2) is 77.4 Å². The van der Waals surface area contributed by atoms with Gasteiger partial charge < -0.3 is 5.11 Å². The molecule has 1 amide bonds. The maximum absolute atomic E-state index is 12.6. The second-order valence-electron chi connectivity index (χ2n) is 5.50. The summed E-state index contributed by atoms with van der Waals surface area (Å²) in [6.07, 6.45) is 5.47. The van der Waals surface area contributed by atoms with E-state index >= 15 is 0 Å². The number of anilines is 1. The second-order valence-corrected chi connectivity index (χ2v) is 5.50. The first kappa shape index (κ1) is 16.4. The minimum atomic E-state index is -1.01. The third-order valence-electron chi connectivity index (χ3n) is 3.77. The molecule has 1 aliphatic heterocycles. The molecule has 0 spiro atoms. The summed E-state index contributed by atoms with van der Waals surface area (Å²) in [5.74, 6) is -1.25. The molecule has 1 N–H and O–H groups in total. The number of hydrazone groups is 1. The summed E-state index contributed by atoms with van der Waals surface area (Å²) in [7, 11) is 0. The molecule has 0 bridgehead atoms. The number of allylic oxidation sites excluding steroid dienone is 2. The van der Waals surface area contributed by atoms with Gasteiger partial charge in [-0.05, 0) is 42.8 Å². The quantitative estimate of drug-likeness (QED) is 0.867. The molecule has 25 heavy (non-hydrogen) atoms. The van der Waals surface area contributed by atoms with Crippen LogP contribution in [0.2, 0.25) is 0 Å². The molecule has 0 unspecified atom stereocenters. The van der Waals surface area contributed by atoms with E-state index in [2.05, 4.69) is 5.10 Å². The molecule has 1 heterocycles. The summed E-state index contributed by atoms with van der Waals surface area (Å²) in [5.41, 5.74) is 2.86. The Morgan fingerprint density at radius 3 is 2.40 bits per heavy atom. The van der Waals surface area contributed by atoms with Crippen molar-refractivity contribution in [3.8, 4) is 0 Å². The molecule has 0 aromatic heterocycles. The molecular weight excluding hydrogens is 316 g/mol. The summed E-state index contributed by atoms with van der Waals surface area (Å²) in [4.78, 5) is 23.5. The van der Waals surface area contributed by atoms with Crippen LogP contribution in [0.25, 0.3) is 6.08 Å². The largest absolute Gasteiger partial charge is 0.478 e. The fraction of sp³-hybridized carbons (Fsp3) is 0.0500. The molecule has 3 rings (SSSR count). The highest BCUT2D eigenvalue weighted by molar-refractivity contribution is 6.29. The molecule has 0 saturated carbocycles. The number of rotatable bonds is 4. The third-order valence-corrected chi connectivity index (χ3v) is 3.77. The predicted molar refractivity (Wildman–Crippen MR) is 97.6 cm³/mol. The number of amides is 1. The number of aromatic carboxylic acids is 1. The SMILES string of the molecule is CC1=NN(c2ccc(C(=O)O)cc2)C(=O)/C1=C/C=C/c1ccccc1. The molecule has 2 aromatic carbocycles. The zero-order valence-electron chi connectivity index (χ0n) is 13.6.